The summed E-state index contributed by atoms with van der Waals surface area (Å²) in [4.78, 5) is 29.7. The lowest BCUT2D eigenvalue weighted by Crippen LogP contribution is -2.25. The highest BCUT2D eigenvalue weighted by Gasteiger charge is 2.17. The molecular weight excluding hydrogens is 382 g/mol. The molecule has 0 saturated heterocycles. The third-order valence-corrected chi connectivity index (χ3v) is 4.78. The highest BCUT2D eigenvalue weighted by atomic mass is 16.5. The second kappa shape index (κ2) is 7.82. The Morgan fingerprint density at radius 3 is 2.57 bits per heavy atom. The number of nitrogens with zero attached hydrogens (tertiary/aromatic N) is 4. The maximum atomic E-state index is 12.6. The minimum absolute atomic E-state index is 0.00640. The Balaban J connectivity index is 1.72. The molecule has 1 amide bonds. The van der Waals surface area contributed by atoms with Gasteiger partial charge in [-0.2, -0.15) is 9.50 Å². The Bertz CT molecular complexity index is 1290. The van der Waals surface area contributed by atoms with Crippen LogP contribution in [-0.4, -0.2) is 32.2 Å². The molecule has 0 spiro atoms. The van der Waals surface area contributed by atoms with Gasteiger partial charge in [-0.15, -0.1) is 5.10 Å². The van der Waals surface area contributed by atoms with Crippen molar-refractivity contribution in [3.8, 4) is 17.1 Å². The summed E-state index contributed by atoms with van der Waals surface area (Å²) >= 11 is 0. The molecule has 0 atom stereocenters. The molecule has 152 valence electrons. The van der Waals surface area contributed by atoms with Crippen LogP contribution in [0.1, 0.15) is 11.3 Å². The molecule has 4 rings (SSSR count). The summed E-state index contributed by atoms with van der Waals surface area (Å²) in [5.74, 6) is 1.01. The van der Waals surface area contributed by atoms with E-state index in [-0.39, 0.29) is 18.0 Å². The summed E-state index contributed by atoms with van der Waals surface area (Å²) in [6.45, 7) is 3.74. The van der Waals surface area contributed by atoms with Gasteiger partial charge in [0.2, 0.25) is 11.7 Å². The minimum atomic E-state index is -0.314. The van der Waals surface area contributed by atoms with Crippen LogP contribution < -0.4 is 15.6 Å². The Morgan fingerprint density at radius 2 is 1.83 bits per heavy atom. The van der Waals surface area contributed by atoms with Gasteiger partial charge >= 0.3 is 0 Å². The topological polar surface area (TPSA) is 90.5 Å². The summed E-state index contributed by atoms with van der Waals surface area (Å²) in [5.41, 5.74) is 2.78. The van der Waals surface area contributed by atoms with Crippen LogP contribution in [0.5, 0.6) is 5.75 Å². The first-order valence-electron chi connectivity index (χ1n) is 9.43. The fraction of sp³-hybridized carbons (Fsp3) is 0.182. The van der Waals surface area contributed by atoms with E-state index in [4.69, 9.17) is 4.74 Å². The summed E-state index contributed by atoms with van der Waals surface area (Å²) in [7, 11) is 1.56. The van der Waals surface area contributed by atoms with Crippen LogP contribution in [0.2, 0.25) is 0 Å². The average Bonchev–Trinajstić information content (AvgIpc) is 3.18. The van der Waals surface area contributed by atoms with Gasteiger partial charge in [-0.05, 0) is 38.1 Å². The SMILES string of the molecule is COc1ccccc1-c1nc2n(CC(=O)Nc3ccc(C)cc3)c(C)cc(=O)n2n1. The van der Waals surface area contributed by atoms with Crippen molar-refractivity contribution in [2.75, 3.05) is 12.4 Å². The van der Waals surface area contributed by atoms with E-state index >= 15 is 0 Å². The number of aryl methyl sites for hydroxylation is 2. The van der Waals surface area contributed by atoms with E-state index in [0.29, 0.717) is 34.3 Å². The van der Waals surface area contributed by atoms with Crippen LogP contribution in [0.3, 0.4) is 0 Å². The molecule has 0 radical (unpaired) electrons. The number of hydrogen-bond acceptors (Lipinski definition) is 5. The van der Waals surface area contributed by atoms with E-state index in [1.165, 1.54) is 10.6 Å². The van der Waals surface area contributed by atoms with Gasteiger partial charge in [0.15, 0.2) is 5.82 Å². The number of para-hydroxylation sites is 1. The molecule has 0 bridgehead atoms. The molecule has 2 aromatic heterocycles. The number of hydrogen-bond donors (Lipinski definition) is 1. The molecule has 8 nitrogen and oxygen atoms in total. The maximum Gasteiger partial charge on any atom is 0.275 e. The van der Waals surface area contributed by atoms with Gasteiger partial charge in [-0.3, -0.25) is 9.59 Å². The van der Waals surface area contributed by atoms with Crippen molar-refractivity contribution in [3.05, 3.63) is 76.2 Å². The smallest absolute Gasteiger partial charge is 0.275 e. The van der Waals surface area contributed by atoms with E-state index in [9.17, 15) is 9.59 Å². The van der Waals surface area contributed by atoms with E-state index < -0.39 is 0 Å². The molecule has 0 fully saturated rings. The molecule has 0 unspecified atom stereocenters. The standard InChI is InChI=1S/C22H21N5O3/c1-14-8-10-16(11-9-14)23-19(28)13-26-15(2)12-20(29)27-22(26)24-21(25-27)17-6-4-5-7-18(17)30-3/h4-12H,13H2,1-3H3,(H,23,28). The zero-order valence-corrected chi connectivity index (χ0v) is 16.9. The number of nitrogens with one attached hydrogen (secondary N) is 1. The average molecular weight is 403 g/mol. The Hall–Kier alpha value is -3.94. The number of rotatable bonds is 5. The number of benzene rings is 2. The Kier molecular flexibility index (Phi) is 5.05. The van der Waals surface area contributed by atoms with Gasteiger partial charge in [-0.25, -0.2) is 0 Å². The molecule has 0 aliphatic rings. The van der Waals surface area contributed by atoms with Crippen LogP contribution in [-0.2, 0) is 11.3 Å². The molecule has 1 N–H and O–H groups in total. The van der Waals surface area contributed by atoms with Crippen LogP contribution in [0.4, 0.5) is 5.69 Å². The van der Waals surface area contributed by atoms with Crippen LogP contribution in [0.25, 0.3) is 17.2 Å². The molecule has 2 aromatic carbocycles. The second-order valence-electron chi connectivity index (χ2n) is 6.97. The highest BCUT2D eigenvalue weighted by molar-refractivity contribution is 5.90. The van der Waals surface area contributed by atoms with Gasteiger partial charge in [0.05, 0.1) is 12.7 Å². The van der Waals surface area contributed by atoms with Crippen molar-refractivity contribution in [1.82, 2.24) is 19.2 Å². The fourth-order valence-electron chi connectivity index (χ4n) is 3.22. The zero-order chi connectivity index (χ0) is 21.3. The molecule has 0 saturated carbocycles. The summed E-state index contributed by atoms with van der Waals surface area (Å²) < 4.78 is 8.25. The van der Waals surface area contributed by atoms with Gasteiger partial charge in [0.1, 0.15) is 12.3 Å². The highest BCUT2D eigenvalue weighted by Crippen LogP contribution is 2.27. The Labute approximate surface area is 172 Å². The summed E-state index contributed by atoms with van der Waals surface area (Å²) in [5, 5.41) is 7.22. The first-order chi connectivity index (χ1) is 14.5. The molecule has 2 heterocycles. The third kappa shape index (κ3) is 3.67. The molecule has 0 aliphatic heterocycles. The predicted molar refractivity (Wildman–Crippen MR) is 114 cm³/mol. The predicted octanol–water partition coefficient (Wildman–Crippen LogP) is 2.82. The third-order valence-electron chi connectivity index (χ3n) is 4.78. The normalized spacial score (nSPS) is 10.9. The number of anilines is 1. The van der Waals surface area contributed by atoms with Gasteiger partial charge in [0.25, 0.3) is 5.56 Å². The lowest BCUT2D eigenvalue weighted by molar-refractivity contribution is -0.116. The van der Waals surface area contributed by atoms with Gasteiger partial charge in [0, 0.05) is 17.4 Å². The number of carbonyl (C=O) groups is 1. The van der Waals surface area contributed by atoms with Crippen molar-refractivity contribution in [2.24, 2.45) is 0 Å². The lowest BCUT2D eigenvalue weighted by Gasteiger charge is -2.11. The van der Waals surface area contributed by atoms with Gasteiger partial charge < -0.3 is 14.6 Å². The van der Waals surface area contributed by atoms with Crippen molar-refractivity contribution in [3.63, 3.8) is 0 Å². The fourth-order valence-corrected chi connectivity index (χ4v) is 3.22. The number of amides is 1. The van der Waals surface area contributed by atoms with Crippen molar-refractivity contribution >= 4 is 17.4 Å². The van der Waals surface area contributed by atoms with Crippen LogP contribution >= 0.6 is 0 Å². The van der Waals surface area contributed by atoms with E-state index in [0.717, 1.165) is 5.56 Å². The van der Waals surface area contributed by atoms with E-state index in [1.807, 2.05) is 49.4 Å². The lowest BCUT2D eigenvalue weighted by atomic mass is 10.2. The van der Waals surface area contributed by atoms with Crippen LogP contribution in [0.15, 0.2) is 59.4 Å². The summed E-state index contributed by atoms with van der Waals surface area (Å²) in [6.07, 6.45) is 0. The van der Waals surface area contributed by atoms with E-state index in [2.05, 4.69) is 15.4 Å². The second-order valence-corrected chi connectivity index (χ2v) is 6.97. The minimum Gasteiger partial charge on any atom is -0.496 e. The van der Waals surface area contributed by atoms with Crippen LogP contribution in [0, 0.1) is 13.8 Å². The number of ether oxygens (including phenoxy) is 1. The monoisotopic (exact) mass is 403 g/mol. The van der Waals surface area contributed by atoms with Gasteiger partial charge in [-0.1, -0.05) is 29.8 Å². The first kappa shape index (κ1) is 19.4. The zero-order valence-electron chi connectivity index (χ0n) is 16.9. The number of aromatic nitrogens is 4. The largest absolute Gasteiger partial charge is 0.496 e. The number of methoxy groups -OCH3 is 1. The Morgan fingerprint density at radius 1 is 1.10 bits per heavy atom. The molecule has 0 aliphatic carbocycles. The molecule has 4 aromatic rings. The number of carbonyl (C=O) groups excluding carboxylic acids is 1. The molecule has 8 heteroatoms. The molecule has 30 heavy (non-hydrogen) atoms. The number of fused-ring (bicyclic) bond motifs is 1. The quantitative estimate of drug-likeness (QED) is 0.553. The molecular formula is C22H21N5O3. The van der Waals surface area contributed by atoms with Crippen molar-refractivity contribution < 1.29 is 9.53 Å². The maximum absolute atomic E-state index is 12.6. The summed E-state index contributed by atoms with van der Waals surface area (Å²) in [6, 6.07) is 16.3. The first-order valence-corrected chi connectivity index (χ1v) is 9.43. The van der Waals surface area contributed by atoms with Crippen molar-refractivity contribution in [2.45, 2.75) is 20.4 Å². The van der Waals surface area contributed by atoms with E-state index in [1.54, 1.807) is 24.7 Å². The van der Waals surface area contributed by atoms with Crippen molar-refractivity contribution in [1.29, 1.82) is 0 Å².